The van der Waals surface area contributed by atoms with Crippen molar-refractivity contribution in [2.75, 3.05) is 13.1 Å². The predicted octanol–water partition coefficient (Wildman–Crippen LogP) is 2.08. The highest BCUT2D eigenvalue weighted by Gasteiger charge is 2.45. The Kier molecular flexibility index (Phi) is 4.15. The van der Waals surface area contributed by atoms with Gasteiger partial charge in [-0.1, -0.05) is 25.7 Å². The number of amides is 1. The van der Waals surface area contributed by atoms with Gasteiger partial charge in [-0.2, -0.15) is 0 Å². The summed E-state index contributed by atoms with van der Waals surface area (Å²) < 4.78 is 0. The first-order valence-electron chi connectivity index (χ1n) is 7.01. The number of benzene rings is 1. The van der Waals surface area contributed by atoms with Crippen molar-refractivity contribution in [3.05, 3.63) is 34.9 Å². The van der Waals surface area contributed by atoms with Crippen LogP contribution in [-0.4, -0.2) is 19.0 Å². The number of hydrogen-bond donors (Lipinski definition) is 2. The van der Waals surface area contributed by atoms with Crippen LogP contribution in [0.15, 0.2) is 18.2 Å². The van der Waals surface area contributed by atoms with E-state index < -0.39 is 0 Å². The van der Waals surface area contributed by atoms with E-state index in [4.69, 9.17) is 5.73 Å². The summed E-state index contributed by atoms with van der Waals surface area (Å²) in [4.78, 5) is 12.2. The van der Waals surface area contributed by atoms with Crippen molar-refractivity contribution >= 4 is 5.91 Å². The van der Waals surface area contributed by atoms with E-state index in [-0.39, 0.29) is 5.91 Å². The third-order valence-electron chi connectivity index (χ3n) is 3.90. The van der Waals surface area contributed by atoms with Gasteiger partial charge in [0.1, 0.15) is 0 Å². The monoisotopic (exact) mass is 270 g/mol. The Hall–Kier alpha value is -1.79. The van der Waals surface area contributed by atoms with Gasteiger partial charge in [0.05, 0.1) is 6.54 Å². The Morgan fingerprint density at radius 1 is 1.45 bits per heavy atom. The number of hydrogen-bond acceptors (Lipinski definition) is 2. The lowest BCUT2D eigenvalue weighted by Gasteiger charge is -2.08. The molecule has 106 valence electrons. The van der Waals surface area contributed by atoms with E-state index in [9.17, 15) is 4.79 Å². The van der Waals surface area contributed by atoms with Crippen LogP contribution in [0.25, 0.3) is 0 Å². The summed E-state index contributed by atoms with van der Waals surface area (Å²) in [7, 11) is 0. The third-order valence-corrected chi connectivity index (χ3v) is 3.90. The van der Waals surface area contributed by atoms with Crippen molar-refractivity contribution in [3.8, 4) is 11.8 Å². The van der Waals surface area contributed by atoms with Crippen LogP contribution in [0.2, 0.25) is 0 Å². The average molecular weight is 270 g/mol. The molecule has 1 saturated carbocycles. The second-order valence-electron chi connectivity index (χ2n) is 6.19. The zero-order valence-electron chi connectivity index (χ0n) is 12.4. The number of nitrogens with one attached hydrogen (secondary N) is 1. The van der Waals surface area contributed by atoms with E-state index in [0.717, 1.165) is 17.7 Å². The van der Waals surface area contributed by atoms with E-state index in [1.807, 2.05) is 25.1 Å². The lowest BCUT2D eigenvalue weighted by Crippen LogP contribution is -2.26. The van der Waals surface area contributed by atoms with Gasteiger partial charge in [-0.05, 0) is 48.4 Å². The first-order chi connectivity index (χ1) is 9.42. The molecule has 3 heteroatoms. The topological polar surface area (TPSA) is 55.1 Å². The van der Waals surface area contributed by atoms with E-state index in [1.54, 1.807) is 0 Å². The Morgan fingerprint density at radius 2 is 2.15 bits per heavy atom. The van der Waals surface area contributed by atoms with Crippen LogP contribution in [0.3, 0.4) is 0 Å². The maximum atomic E-state index is 12.2. The molecular formula is C17H22N2O. The van der Waals surface area contributed by atoms with Gasteiger partial charge in [0, 0.05) is 17.7 Å². The lowest BCUT2D eigenvalue weighted by molar-refractivity contribution is 0.0950. The molecule has 3 nitrogen and oxygen atoms in total. The predicted molar refractivity (Wildman–Crippen MR) is 81.3 cm³/mol. The number of nitrogens with two attached hydrogens (primary N) is 1. The molecule has 1 amide bonds. The highest BCUT2D eigenvalue weighted by molar-refractivity contribution is 5.94. The molecule has 1 aliphatic rings. The molecule has 0 aromatic heterocycles. The fourth-order valence-electron chi connectivity index (χ4n) is 2.38. The molecule has 3 N–H and O–H groups in total. The summed E-state index contributed by atoms with van der Waals surface area (Å²) in [6, 6.07) is 5.67. The quantitative estimate of drug-likeness (QED) is 0.826. The first-order valence-corrected chi connectivity index (χ1v) is 7.01. The van der Waals surface area contributed by atoms with Crippen LogP contribution in [0.5, 0.6) is 0 Å². The second kappa shape index (κ2) is 5.68. The zero-order chi connectivity index (χ0) is 14.8. The maximum absolute atomic E-state index is 12.2. The van der Waals surface area contributed by atoms with Crippen LogP contribution < -0.4 is 11.1 Å². The molecule has 1 aromatic rings. The van der Waals surface area contributed by atoms with Gasteiger partial charge in [-0.25, -0.2) is 0 Å². The summed E-state index contributed by atoms with van der Waals surface area (Å²) in [5.41, 5.74) is 8.30. The molecule has 0 aliphatic heterocycles. The van der Waals surface area contributed by atoms with Gasteiger partial charge in [0.25, 0.3) is 5.91 Å². The second-order valence-corrected chi connectivity index (χ2v) is 6.19. The van der Waals surface area contributed by atoms with E-state index >= 15 is 0 Å². The van der Waals surface area contributed by atoms with Crippen molar-refractivity contribution in [1.82, 2.24) is 5.32 Å². The molecule has 1 unspecified atom stereocenters. The fraction of sp³-hybridized carbons (Fsp3) is 0.471. The van der Waals surface area contributed by atoms with E-state index in [0.29, 0.717) is 23.4 Å². The number of aryl methyl sites for hydroxylation is 1. The molecule has 0 spiro atoms. The van der Waals surface area contributed by atoms with Gasteiger partial charge in [0.15, 0.2) is 0 Å². The smallest absolute Gasteiger partial charge is 0.251 e. The standard InChI is InChI=1S/C17H22N2O/c1-12-7-13(5-4-6-18)9-14(8-12)16(20)19-11-15-10-17(15,2)3/h7-9,15H,6,10-11,18H2,1-3H3,(H,19,20). The molecule has 0 bridgehead atoms. The van der Waals surface area contributed by atoms with Crippen molar-refractivity contribution in [1.29, 1.82) is 0 Å². The Balaban J connectivity index is 2.03. The van der Waals surface area contributed by atoms with Crippen LogP contribution in [0.4, 0.5) is 0 Å². The van der Waals surface area contributed by atoms with Crippen molar-refractivity contribution < 1.29 is 4.79 Å². The summed E-state index contributed by atoms with van der Waals surface area (Å²) in [5, 5.41) is 3.02. The highest BCUT2D eigenvalue weighted by Crippen LogP contribution is 2.50. The highest BCUT2D eigenvalue weighted by atomic mass is 16.1. The molecule has 1 atom stereocenters. The largest absolute Gasteiger partial charge is 0.352 e. The van der Waals surface area contributed by atoms with E-state index in [2.05, 4.69) is 31.0 Å². The third kappa shape index (κ3) is 3.61. The Bertz CT molecular complexity index is 578. The molecule has 1 aromatic carbocycles. The molecule has 1 fully saturated rings. The van der Waals surface area contributed by atoms with Gasteiger partial charge >= 0.3 is 0 Å². The lowest BCUT2D eigenvalue weighted by atomic mass is 10.1. The normalized spacial score (nSPS) is 18.9. The summed E-state index contributed by atoms with van der Waals surface area (Å²) in [6.45, 7) is 7.51. The molecule has 0 saturated heterocycles. The van der Waals surface area contributed by atoms with E-state index in [1.165, 1.54) is 6.42 Å². The van der Waals surface area contributed by atoms with Crippen molar-refractivity contribution in [3.63, 3.8) is 0 Å². The zero-order valence-corrected chi connectivity index (χ0v) is 12.4. The first kappa shape index (κ1) is 14.6. The minimum absolute atomic E-state index is 0.0211. The van der Waals surface area contributed by atoms with Crippen LogP contribution >= 0.6 is 0 Å². The molecule has 20 heavy (non-hydrogen) atoms. The molecule has 0 heterocycles. The number of rotatable bonds is 3. The van der Waals surface area contributed by atoms with Crippen LogP contribution in [0, 0.1) is 30.1 Å². The van der Waals surface area contributed by atoms with Crippen LogP contribution in [-0.2, 0) is 0 Å². The fourth-order valence-corrected chi connectivity index (χ4v) is 2.38. The molecule has 1 aliphatic carbocycles. The SMILES string of the molecule is Cc1cc(C#CCN)cc(C(=O)NCC2CC2(C)C)c1. The summed E-state index contributed by atoms with van der Waals surface area (Å²) >= 11 is 0. The van der Waals surface area contributed by atoms with Crippen molar-refractivity contribution in [2.24, 2.45) is 17.1 Å². The summed E-state index contributed by atoms with van der Waals surface area (Å²) in [5.74, 6) is 6.37. The Morgan fingerprint density at radius 3 is 2.75 bits per heavy atom. The van der Waals surface area contributed by atoms with Crippen LogP contribution in [0.1, 0.15) is 41.8 Å². The minimum Gasteiger partial charge on any atom is -0.352 e. The number of carbonyl (C=O) groups excluding carboxylic acids is 1. The van der Waals surface area contributed by atoms with Gasteiger partial charge in [-0.3, -0.25) is 4.79 Å². The average Bonchev–Trinajstić information content (AvgIpc) is 3.00. The van der Waals surface area contributed by atoms with Gasteiger partial charge in [-0.15, -0.1) is 0 Å². The minimum atomic E-state index is -0.0211. The van der Waals surface area contributed by atoms with Gasteiger partial charge in [0.2, 0.25) is 0 Å². The summed E-state index contributed by atoms with van der Waals surface area (Å²) in [6.07, 6.45) is 1.19. The molecule has 2 rings (SSSR count). The molecule has 0 radical (unpaired) electrons. The number of carbonyl (C=O) groups is 1. The van der Waals surface area contributed by atoms with Gasteiger partial charge < -0.3 is 11.1 Å². The maximum Gasteiger partial charge on any atom is 0.251 e. The molecular weight excluding hydrogens is 248 g/mol. The Labute approximate surface area is 120 Å². The van der Waals surface area contributed by atoms with Crippen molar-refractivity contribution in [2.45, 2.75) is 27.2 Å².